The summed E-state index contributed by atoms with van der Waals surface area (Å²) in [7, 11) is 0. The predicted molar refractivity (Wildman–Crippen MR) is 68.4 cm³/mol. The standard InChI is InChI=1S/C14H18FNO2/c1-2-5-14(6-7-14)9-16-10-3-4-11(13(17)18)12(15)8-10/h3-4,8,16H,2,5-7,9H2,1H3,(H,17,18). The SMILES string of the molecule is CCCC1(CNc2ccc(C(=O)O)c(F)c2)CC1. The molecule has 0 atom stereocenters. The summed E-state index contributed by atoms with van der Waals surface area (Å²) in [6, 6.07) is 4.18. The Kier molecular flexibility index (Phi) is 3.55. The van der Waals surface area contributed by atoms with E-state index < -0.39 is 11.8 Å². The summed E-state index contributed by atoms with van der Waals surface area (Å²) in [6.07, 6.45) is 4.80. The van der Waals surface area contributed by atoms with Gasteiger partial charge in [-0.25, -0.2) is 9.18 Å². The molecule has 0 heterocycles. The number of carbonyl (C=O) groups is 1. The van der Waals surface area contributed by atoms with Crippen LogP contribution < -0.4 is 5.32 Å². The Hall–Kier alpha value is -1.58. The van der Waals surface area contributed by atoms with E-state index >= 15 is 0 Å². The van der Waals surface area contributed by atoms with E-state index in [-0.39, 0.29) is 5.56 Å². The van der Waals surface area contributed by atoms with Gasteiger partial charge in [-0.05, 0) is 42.9 Å². The third kappa shape index (κ3) is 2.81. The number of hydrogen-bond acceptors (Lipinski definition) is 2. The van der Waals surface area contributed by atoms with E-state index in [0.29, 0.717) is 11.1 Å². The molecule has 0 saturated heterocycles. The number of carboxylic acid groups (broad SMARTS) is 1. The zero-order valence-electron chi connectivity index (χ0n) is 10.5. The van der Waals surface area contributed by atoms with Crippen LogP contribution in [0.25, 0.3) is 0 Å². The minimum Gasteiger partial charge on any atom is -0.478 e. The maximum atomic E-state index is 13.5. The summed E-state index contributed by atoms with van der Waals surface area (Å²) in [5.41, 5.74) is 0.756. The highest BCUT2D eigenvalue weighted by Gasteiger charge is 2.41. The lowest BCUT2D eigenvalue weighted by atomic mass is 10.0. The van der Waals surface area contributed by atoms with Crippen LogP contribution >= 0.6 is 0 Å². The maximum Gasteiger partial charge on any atom is 0.338 e. The zero-order chi connectivity index (χ0) is 13.2. The third-order valence-corrected chi connectivity index (χ3v) is 3.60. The second-order valence-corrected chi connectivity index (χ2v) is 5.10. The first-order chi connectivity index (χ1) is 8.56. The number of anilines is 1. The highest BCUT2D eigenvalue weighted by atomic mass is 19.1. The van der Waals surface area contributed by atoms with Gasteiger partial charge in [0.05, 0.1) is 5.56 Å². The van der Waals surface area contributed by atoms with Crippen molar-refractivity contribution in [3.63, 3.8) is 0 Å². The van der Waals surface area contributed by atoms with Gasteiger partial charge >= 0.3 is 5.97 Å². The molecule has 4 heteroatoms. The number of hydrogen-bond donors (Lipinski definition) is 2. The molecule has 98 valence electrons. The molecule has 1 aliphatic rings. The van der Waals surface area contributed by atoms with Gasteiger partial charge in [-0.3, -0.25) is 0 Å². The molecule has 0 bridgehead atoms. The van der Waals surface area contributed by atoms with Crippen molar-refractivity contribution in [3.8, 4) is 0 Å². The Morgan fingerprint density at radius 3 is 2.72 bits per heavy atom. The Morgan fingerprint density at radius 1 is 1.50 bits per heavy atom. The minimum absolute atomic E-state index is 0.282. The van der Waals surface area contributed by atoms with E-state index in [9.17, 15) is 9.18 Å². The summed E-state index contributed by atoms with van der Waals surface area (Å²) in [6.45, 7) is 3.01. The zero-order valence-corrected chi connectivity index (χ0v) is 10.5. The van der Waals surface area contributed by atoms with Gasteiger partial charge in [0.15, 0.2) is 0 Å². The molecule has 1 fully saturated rings. The van der Waals surface area contributed by atoms with Gasteiger partial charge in [-0.2, -0.15) is 0 Å². The molecule has 0 unspecified atom stereocenters. The number of aromatic carboxylic acids is 1. The normalized spacial score (nSPS) is 16.3. The molecular formula is C14H18FNO2. The van der Waals surface area contributed by atoms with Crippen molar-refractivity contribution in [2.75, 3.05) is 11.9 Å². The van der Waals surface area contributed by atoms with E-state index in [1.807, 2.05) is 0 Å². The molecular weight excluding hydrogens is 233 g/mol. The van der Waals surface area contributed by atoms with Crippen LogP contribution in [0.2, 0.25) is 0 Å². The van der Waals surface area contributed by atoms with E-state index in [0.717, 1.165) is 13.0 Å². The Morgan fingerprint density at radius 2 is 2.22 bits per heavy atom. The van der Waals surface area contributed by atoms with Crippen LogP contribution in [0.4, 0.5) is 10.1 Å². The van der Waals surface area contributed by atoms with E-state index in [4.69, 9.17) is 5.11 Å². The van der Waals surface area contributed by atoms with Crippen molar-refractivity contribution in [3.05, 3.63) is 29.6 Å². The maximum absolute atomic E-state index is 13.5. The molecule has 0 aliphatic heterocycles. The summed E-state index contributed by atoms with van der Waals surface area (Å²) < 4.78 is 13.5. The molecule has 1 aromatic rings. The lowest BCUT2D eigenvalue weighted by molar-refractivity contribution is 0.0692. The Balaban J connectivity index is 1.98. The Bertz CT molecular complexity index is 455. The van der Waals surface area contributed by atoms with Crippen molar-refractivity contribution in [1.82, 2.24) is 0 Å². The highest BCUT2D eigenvalue weighted by Crippen LogP contribution is 2.49. The first-order valence-corrected chi connectivity index (χ1v) is 6.33. The van der Waals surface area contributed by atoms with Gasteiger partial charge in [-0.15, -0.1) is 0 Å². The van der Waals surface area contributed by atoms with Crippen LogP contribution in [0.5, 0.6) is 0 Å². The van der Waals surface area contributed by atoms with E-state index in [2.05, 4.69) is 12.2 Å². The van der Waals surface area contributed by atoms with Crippen molar-refractivity contribution in [2.45, 2.75) is 32.6 Å². The lowest BCUT2D eigenvalue weighted by Crippen LogP contribution is -2.15. The molecule has 2 N–H and O–H groups in total. The number of nitrogens with one attached hydrogen (secondary N) is 1. The molecule has 1 aromatic carbocycles. The van der Waals surface area contributed by atoms with E-state index in [1.165, 1.54) is 31.4 Å². The number of carboxylic acids is 1. The number of rotatable bonds is 6. The summed E-state index contributed by atoms with van der Waals surface area (Å²) in [4.78, 5) is 10.7. The molecule has 1 aliphatic carbocycles. The first-order valence-electron chi connectivity index (χ1n) is 6.33. The number of halogens is 1. The third-order valence-electron chi connectivity index (χ3n) is 3.60. The second-order valence-electron chi connectivity index (χ2n) is 5.10. The van der Waals surface area contributed by atoms with Crippen LogP contribution in [0, 0.1) is 11.2 Å². The molecule has 0 radical (unpaired) electrons. The predicted octanol–water partition coefficient (Wildman–Crippen LogP) is 3.52. The fraction of sp³-hybridized carbons (Fsp3) is 0.500. The monoisotopic (exact) mass is 251 g/mol. The molecule has 3 nitrogen and oxygen atoms in total. The quantitative estimate of drug-likeness (QED) is 0.813. The summed E-state index contributed by atoms with van der Waals surface area (Å²) in [5.74, 6) is -1.92. The van der Waals surface area contributed by atoms with Gasteiger partial charge in [-0.1, -0.05) is 13.3 Å². The smallest absolute Gasteiger partial charge is 0.338 e. The molecule has 0 aromatic heterocycles. The largest absolute Gasteiger partial charge is 0.478 e. The van der Waals surface area contributed by atoms with Crippen LogP contribution in [0.15, 0.2) is 18.2 Å². The molecule has 2 rings (SSSR count). The lowest BCUT2D eigenvalue weighted by Gasteiger charge is -2.16. The first kappa shape index (κ1) is 12.9. The molecule has 1 saturated carbocycles. The van der Waals surface area contributed by atoms with Gasteiger partial charge in [0.25, 0.3) is 0 Å². The van der Waals surface area contributed by atoms with E-state index in [1.54, 1.807) is 6.07 Å². The van der Waals surface area contributed by atoms with Gasteiger partial charge in [0.2, 0.25) is 0 Å². The van der Waals surface area contributed by atoms with Crippen LogP contribution in [-0.2, 0) is 0 Å². The van der Waals surface area contributed by atoms with Crippen molar-refractivity contribution >= 4 is 11.7 Å². The average Bonchev–Trinajstić information content (AvgIpc) is 3.07. The van der Waals surface area contributed by atoms with Crippen molar-refractivity contribution < 1.29 is 14.3 Å². The second kappa shape index (κ2) is 4.96. The van der Waals surface area contributed by atoms with Gasteiger partial charge in [0, 0.05) is 12.2 Å². The summed E-state index contributed by atoms with van der Waals surface area (Å²) in [5, 5.41) is 11.9. The van der Waals surface area contributed by atoms with Gasteiger partial charge < -0.3 is 10.4 Å². The minimum atomic E-state index is -1.23. The van der Waals surface area contributed by atoms with Gasteiger partial charge in [0.1, 0.15) is 5.82 Å². The molecule has 0 spiro atoms. The van der Waals surface area contributed by atoms with Crippen LogP contribution in [-0.4, -0.2) is 17.6 Å². The Labute approximate surface area is 106 Å². The number of benzene rings is 1. The highest BCUT2D eigenvalue weighted by molar-refractivity contribution is 5.88. The summed E-state index contributed by atoms with van der Waals surface area (Å²) >= 11 is 0. The molecule has 0 amide bonds. The topological polar surface area (TPSA) is 49.3 Å². The average molecular weight is 251 g/mol. The fourth-order valence-corrected chi connectivity index (χ4v) is 2.31. The van der Waals surface area contributed by atoms with Crippen molar-refractivity contribution in [1.29, 1.82) is 0 Å². The fourth-order valence-electron chi connectivity index (χ4n) is 2.31. The van der Waals surface area contributed by atoms with Crippen LogP contribution in [0.1, 0.15) is 43.0 Å². The van der Waals surface area contributed by atoms with Crippen molar-refractivity contribution in [2.24, 2.45) is 5.41 Å². The molecule has 18 heavy (non-hydrogen) atoms. The van der Waals surface area contributed by atoms with Crippen LogP contribution in [0.3, 0.4) is 0 Å².